The van der Waals surface area contributed by atoms with Crippen molar-refractivity contribution in [2.45, 2.75) is 20.8 Å². The highest BCUT2D eigenvalue weighted by atomic mass is 16.4. The van der Waals surface area contributed by atoms with Crippen LogP contribution in [0.15, 0.2) is 18.5 Å². The van der Waals surface area contributed by atoms with Gasteiger partial charge in [-0.3, -0.25) is 4.98 Å². The minimum Gasteiger partial charge on any atom is -0.478 e. The topological polar surface area (TPSA) is 53.4 Å². The van der Waals surface area contributed by atoms with Gasteiger partial charge in [-0.05, 0) is 11.5 Å². The van der Waals surface area contributed by atoms with Gasteiger partial charge in [-0.1, -0.05) is 20.8 Å². The predicted molar refractivity (Wildman–Crippen MR) is 63.9 cm³/mol. The number of carboxylic acids is 1. The van der Waals surface area contributed by atoms with Crippen LogP contribution in [-0.2, 0) is 0 Å². The highest BCUT2D eigenvalue weighted by Crippen LogP contribution is 2.22. The van der Waals surface area contributed by atoms with E-state index < -0.39 is 5.97 Å². The Hall–Kier alpha value is -1.58. The first-order valence-electron chi connectivity index (χ1n) is 5.20. The lowest BCUT2D eigenvalue weighted by atomic mass is 9.96. The second kappa shape index (κ2) is 4.51. The molecule has 0 bridgehead atoms. The third-order valence-corrected chi connectivity index (χ3v) is 2.15. The molecule has 1 aromatic rings. The number of carbonyl (C=O) groups is 1. The fourth-order valence-electron chi connectivity index (χ4n) is 1.67. The Labute approximate surface area is 95.9 Å². The SMILES string of the molecule is CN(CC(C)(C)C)c1cnccc1C(=O)O. The van der Waals surface area contributed by atoms with Gasteiger partial charge in [0.15, 0.2) is 0 Å². The Morgan fingerprint density at radius 3 is 2.62 bits per heavy atom. The maximum Gasteiger partial charge on any atom is 0.337 e. The van der Waals surface area contributed by atoms with Crippen molar-refractivity contribution in [3.63, 3.8) is 0 Å². The number of rotatable bonds is 3. The van der Waals surface area contributed by atoms with Crippen molar-refractivity contribution < 1.29 is 9.90 Å². The maximum absolute atomic E-state index is 11.0. The third-order valence-electron chi connectivity index (χ3n) is 2.15. The summed E-state index contributed by atoms with van der Waals surface area (Å²) in [5, 5.41) is 9.06. The van der Waals surface area contributed by atoms with Crippen molar-refractivity contribution in [3.8, 4) is 0 Å². The van der Waals surface area contributed by atoms with E-state index in [1.54, 1.807) is 6.20 Å². The van der Waals surface area contributed by atoms with Crippen LogP contribution in [0.1, 0.15) is 31.1 Å². The highest BCUT2D eigenvalue weighted by molar-refractivity contribution is 5.94. The fraction of sp³-hybridized carbons (Fsp3) is 0.500. The minimum atomic E-state index is -0.918. The number of carboxylic acid groups (broad SMARTS) is 1. The molecule has 0 aliphatic carbocycles. The molecule has 1 N–H and O–H groups in total. The molecule has 4 heteroatoms. The van der Waals surface area contributed by atoms with Crippen LogP contribution in [0, 0.1) is 5.41 Å². The number of aromatic carboxylic acids is 1. The average molecular weight is 222 g/mol. The van der Waals surface area contributed by atoms with E-state index in [4.69, 9.17) is 5.11 Å². The highest BCUT2D eigenvalue weighted by Gasteiger charge is 2.18. The summed E-state index contributed by atoms with van der Waals surface area (Å²) in [5.74, 6) is -0.918. The van der Waals surface area contributed by atoms with Gasteiger partial charge in [0.05, 0.1) is 17.4 Å². The zero-order valence-electron chi connectivity index (χ0n) is 10.2. The van der Waals surface area contributed by atoms with Crippen LogP contribution in [0.4, 0.5) is 5.69 Å². The molecule has 1 aromatic heterocycles. The summed E-state index contributed by atoms with van der Waals surface area (Å²) in [7, 11) is 1.88. The van der Waals surface area contributed by atoms with Crippen LogP contribution < -0.4 is 4.90 Å². The Bertz CT molecular complexity index is 383. The molecule has 0 aliphatic rings. The molecule has 0 aromatic carbocycles. The van der Waals surface area contributed by atoms with Gasteiger partial charge in [-0.25, -0.2) is 4.79 Å². The van der Waals surface area contributed by atoms with Crippen molar-refractivity contribution >= 4 is 11.7 Å². The van der Waals surface area contributed by atoms with Crippen molar-refractivity contribution in [2.75, 3.05) is 18.5 Å². The molecule has 4 nitrogen and oxygen atoms in total. The molecule has 0 aliphatic heterocycles. The van der Waals surface area contributed by atoms with Gasteiger partial charge >= 0.3 is 5.97 Å². The van der Waals surface area contributed by atoms with E-state index in [2.05, 4.69) is 25.8 Å². The molecule has 0 spiro atoms. The normalized spacial score (nSPS) is 11.2. The van der Waals surface area contributed by atoms with Crippen LogP contribution in [-0.4, -0.2) is 29.7 Å². The van der Waals surface area contributed by atoms with Gasteiger partial charge in [-0.2, -0.15) is 0 Å². The molecule has 0 amide bonds. The van der Waals surface area contributed by atoms with Crippen LogP contribution in [0.2, 0.25) is 0 Å². The maximum atomic E-state index is 11.0. The molecule has 0 radical (unpaired) electrons. The molecule has 0 saturated heterocycles. The second-order valence-electron chi connectivity index (χ2n) is 5.11. The monoisotopic (exact) mass is 222 g/mol. The smallest absolute Gasteiger partial charge is 0.337 e. The number of aromatic nitrogens is 1. The molecule has 88 valence electrons. The Morgan fingerprint density at radius 1 is 1.50 bits per heavy atom. The zero-order valence-corrected chi connectivity index (χ0v) is 10.2. The van der Waals surface area contributed by atoms with Gasteiger partial charge < -0.3 is 10.0 Å². The van der Waals surface area contributed by atoms with Crippen molar-refractivity contribution in [3.05, 3.63) is 24.0 Å². The van der Waals surface area contributed by atoms with Crippen molar-refractivity contribution in [1.29, 1.82) is 0 Å². The molecule has 1 rings (SSSR count). The van der Waals surface area contributed by atoms with Crippen molar-refractivity contribution in [1.82, 2.24) is 4.98 Å². The van der Waals surface area contributed by atoms with Gasteiger partial charge in [-0.15, -0.1) is 0 Å². The molecule has 1 heterocycles. The van der Waals surface area contributed by atoms with E-state index >= 15 is 0 Å². The van der Waals surface area contributed by atoms with E-state index in [0.717, 1.165) is 6.54 Å². The van der Waals surface area contributed by atoms with E-state index in [0.29, 0.717) is 11.3 Å². The molecular weight excluding hydrogens is 204 g/mol. The van der Waals surface area contributed by atoms with E-state index in [1.807, 2.05) is 11.9 Å². The quantitative estimate of drug-likeness (QED) is 0.852. The van der Waals surface area contributed by atoms with Gasteiger partial charge in [0.2, 0.25) is 0 Å². The summed E-state index contributed by atoms with van der Waals surface area (Å²) in [6.07, 6.45) is 3.09. The Balaban J connectivity index is 2.99. The lowest BCUT2D eigenvalue weighted by Gasteiger charge is -2.28. The molecule has 0 atom stereocenters. The Kier molecular flexibility index (Phi) is 3.52. The first kappa shape index (κ1) is 12.5. The molecule has 0 fully saturated rings. The summed E-state index contributed by atoms with van der Waals surface area (Å²) in [6, 6.07) is 1.52. The van der Waals surface area contributed by atoms with Crippen LogP contribution >= 0.6 is 0 Å². The summed E-state index contributed by atoms with van der Waals surface area (Å²) in [4.78, 5) is 16.9. The standard InChI is InChI=1S/C12H18N2O2/c1-12(2,3)8-14(4)10-7-13-6-5-9(10)11(15)16/h5-7H,8H2,1-4H3,(H,15,16). The minimum absolute atomic E-state index is 0.111. The molecule has 16 heavy (non-hydrogen) atoms. The summed E-state index contributed by atoms with van der Waals surface area (Å²) >= 11 is 0. The summed E-state index contributed by atoms with van der Waals surface area (Å²) in [5.41, 5.74) is 1.06. The summed E-state index contributed by atoms with van der Waals surface area (Å²) in [6.45, 7) is 7.11. The number of nitrogens with zero attached hydrogens (tertiary/aromatic N) is 2. The number of pyridine rings is 1. The first-order chi connectivity index (χ1) is 7.31. The number of hydrogen-bond acceptors (Lipinski definition) is 3. The molecule has 0 unspecified atom stereocenters. The van der Waals surface area contributed by atoms with Gasteiger partial charge in [0.1, 0.15) is 0 Å². The predicted octanol–water partition coefficient (Wildman–Crippen LogP) is 2.26. The first-order valence-corrected chi connectivity index (χ1v) is 5.20. The van der Waals surface area contributed by atoms with E-state index in [-0.39, 0.29) is 5.41 Å². The van der Waals surface area contributed by atoms with Crippen LogP contribution in [0.25, 0.3) is 0 Å². The second-order valence-corrected chi connectivity index (χ2v) is 5.11. The lowest BCUT2D eigenvalue weighted by molar-refractivity contribution is 0.0697. The largest absolute Gasteiger partial charge is 0.478 e. The van der Waals surface area contributed by atoms with Crippen LogP contribution in [0.3, 0.4) is 0 Å². The molecular formula is C12H18N2O2. The van der Waals surface area contributed by atoms with E-state index in [1.165, 1.54) is 12.3 Å². The zero-order chi connectivity index (χ0) is 12.3. The van der Waals surface area contributed by atoms with Crippen molar-refractivity contribution in [2.24, 2.45) is 5.41 Å². The number of hydrogen-bond donors (Lipinski definition) is 1. The molecule has 0 saturated carbocycles. The van der Waals surface area contributed by atoms with Crippen LogP contribution in [0.5, 0.6) is 0 Å². The van der Waals surface area contributed by atoms with Gasteiger partial charge in [0.25, 0.3) is 0 Å². The Morgan fingerprint density at radius 2 is 2.12 bits per heavy atom. The van der Waals surface area contributed by atoms with Gasteiger partial charge in [0, 0.05) is 19.8 Å². The van der Waals surface area contributed by atoms with E-state index in [9.17, 15) is 4.79 Å². The number of anilines is 1. The fourth-order valence-corrected chi connectivity index (χ4v) is 1.67. The third kappa shape index (κ3) is 3.22. The average Bonchev–Trinajstić information content (AvgIpc) is 2.15. The summed E-state index contributed by atoms with van der Waals surface area (Å²) < 4.78 is 0. The lowest BCUT2D eigenvalue weighted by Crippen LogP contribution is -2.30.